The lowest BCUT2D eigenvalue weighted by molar-refractivity contribution is 0.484. The van der Waals surface area contributed by atoms with Crippen LogP contribution < -0.4 is 10.6 Å². The van der Waals surface area contributed by atoms with E-state index >= 15 is 0 Å². The molecule has 20 heavy (non-hydrogen) atoms. The van der Waals surface area contributed by atoms with Gasteiger partial charge in [0.05, 0.1) is 6.54 Å². The van der Waals surface area contributed by atoms with Gasteiger partial charge in [0.2, 0.25) is 5.89 Å². The van der Waals surface area contributed by atoms with Crippen LogP contribution in [0.3, 0.4) is 0 Å². The topological polar surface area (TPSA) is 68.2 Å². The van der Waals surface area contributed by atoms with Gasteiger partial charge < -0.3 is 15.1 Å². The van der Waals surface area contributed by atoms with Gasteiger partial charge in [0.15, 0.2) is 0 Å². The number of nitrogens with two attached hydrogens (primary N) is 1. The molecule has 2 aromatic rings. The molecule has 0 aliphatic carbocycles. The van der Waals surface area contributed by atoms with E-state index < -0.39 is 0 Å². The van der Waals surface area contributed by atoms with E-state index in [0.717, 1.165) is 25.9 Å². The van der Waals surface area contributed by atoms with Crippen molar-refractivity contribution in [2.24, 2.45) is 5.73 Å². The van der Waals surface area contributed by atoms with Crippen molar-refractivity contribution in [1.29, 1.82) is 0 Å². The van der Waals surface area contributed by atoms with Gasteiger partial charge in [0.1, 0.15) is 0 Å². The average molecular weight is 297 g/mol. The molecular weight excluding hydrogens is 276 g/mol. The molecule has 6 heteroatoms. The number of halogens is 1. The first-order valence-electron chi connectivity index (χ1n) is 6.64. The monoisotopic (exact) mass is 296 g/mol. The van der Waals surface area contributed by atoms with E-state index in [9.17, 15) is 0 Å². The molecule has 1 aromatic carbocycles. The molecule has 1 heterocycles. The number of benzene rings is 1. The largest absolute Gasteiger partial charge is 0.407 e. The predicted molar refractivity (Wildman–Crippen MR) is 82.1 cm³/mol. The third kappa shape index (κ3) is 4.51. The van der Waals surface area contributed by atoms with Crippen LogP contribution in [0, 0.1) is 0 Å². The number of anilines is 1. The highest BCUT2D eigenvalue weighted by Gasteiger charge is 2.11. The summed E-state index contributed by atoms with van der Waals surface area (Å²) in [5, 5.41) is 7.90. The lowest BCUT2D eigenvalue weighted by atomic mass is 10.1. The van der Waals surface area contributed by atoms with Crippen LogP contribution in [0.2, 0.25) is 0 Å². The number of nitrogens with zero attached hydrogens (tertiary/aromatic N) is 3. The van der Waals surface area contributed by atoms with E-state index in [4.69, 9.17) is 10.2 Å². The Morgan fingerprint density at radius 1 is 1.20 bits per heavy atom. The van der Waals surface area contributed by atoms with Crippen LogP contribution in [0.1, 0.15) is 24.8 Å². The molecule has 0 atom stereocenters. The van der Waals surface area contributed by atoms with Crippen LogP contribution in [-0.4, -0.2) is 23.3 Å². The molecule has 0 aliphatic heterocycles. The molecule has 0 bridgehead atoms. The Labute approximate surface area is 125 Å². The second-order valence-electron chi connectivity index (χ2n) is 4.35. The second kappa shape index (κ2) is 8.55. The molecule has 5 nitrogen and oxygen atoms in total. The lowest BCUT2D eigenvalue weighted by Crippen LogP contribution is -2.24. The van der Waals surface area contributed by atoms with E-state index in [1.165, 1.54) is 5.56 Å². The van der Waals surface area contributed by atoms with E-state index in [0.29, 0.717) is 11.9 Å². The quantitative estimate of drug-likeness (QED) is 0.850. The van der Waals surface area contributed by atoms with Crippen LogP contribution in [0.4, 0.5) is 6.01 Å². The molecule has 0 aliphatic rings. The zero-order valence-corrected chi connectivity index (χ0v) is 12.5. The number of hydrogen-bond acceptors (Lipinski definition) is 5. The first-order valence-corrected chi connectivity index (χ1v) is 6.64. The van der Waals surface area contributed by atoms with Crippen LogP contribution in [-0.2, 0) is 13.0 Å². The van der Waals surface area contributed by atoms with Crippen molar-refractivity contribution in [3.05, 3.63) is 41.8 Å². The van der Waals surface area contributed by atoms with Gasteiger partial charge in [-0.15, -0.1) is 17.5 Å². The summed E-state index contributed by atoms with van der Waals surface area (Å²) in [6, 6.07) is 11.0. The highest BCUT2D eigenvalue weighted by atomic mass is 35.5. The zero-order chi connectivity index (χ0) is 13.5. The van der Waals surface area contributed by atoms with Crippen molar-refractivity contribution in [2.45, 2.75) is 26.3 Å². The molecule has 0 spiro atoms. The summed E-state index contributed by atoms with van der Waals surface area (Å²) < 4.78 is 5.47. The maximum atomic E-state index is 5.47. The maximum absolute atomic E-state index is 5.47. The number of hydrogen-bond donors (Lipinski definition) is 1. The second-order valence-corrected chi connectivity index (χ2v) is 4.35. The fraction of sp³-hybridized carbons (Fsp3) is 0.429. The Balaban J connectivity index is 0.00000200. The molecule has 0 fully saturated rings. The fourth-order valence-electron chi connectivity index (χ4n) is 1.96. The molecule has 1 aromatic heterocycles. The standard InChI is InChI=1S/C14H20N4O.ClH/c1-2-18(14-17-16-13(11-15)19-14)10-6-9-12-7-4-3-5-8-12;/h3-5,7-8H,2,6,9-11,15H2,1H3;1H. The van der Waals surface area contributed by atoms with E-state index in [-0.39, 0.29) is 19.0 Å². The SMILES string of the molecule is CCN(CCCc1ccccc1)c1nnc(CN)o1.Cl. The molecule has 2 rings (SSSR count). The summed E-state index contributed by atoms with van der Waals surface area (Å²) in [6.45, 7) is 4.11. The number of rotatable bonds is 7. The van der Waals surface area contributed by atoms with Crippen molar-refractivity contribution in [1.82, 2.24) is 10.2 Å². The minimum Gasteiger partial charge on any atom is -0.407 e. The highest BCUT2D eigenvalue weighted by Crippen LogP contribution is 2.13. The summed E-state index contributed by atoms with van der Waals surface area (Å²) in [5.41, 5.74) is 6.82. The molecule has 0 saturated carbocycles. The smallest absolute Gasteiger partial charge is 0.318 e. The summed E-state index contributed by atoms with van der Waals surface area (Å²) in [4.78, 5) is 2.08. The van der Waals surface area contributed by atoms with Gasteiger partial charge in [0.25, 0.3) is 0 Å². The van der Waals surface area contributed by atoms with Crippen molar-refractivity contribution in [3.63, 3.8) is 0 Å². The van der Waals surface area contributed by atoms with Gasteiger partial charge in [-0.2, -0.15) is 0 Å². The summed E-state index contributed by atoms with van der Waals surface area (Å²) in [6.07, 6.45) is 2.10. The summed E-state index contributed by atoms with van der Waals surface area (Å²) >= 11 is 0. The molecular formula is C14H21ClN4O. The zero-order valence-electron chi connectivity index (χ0n) is 11.7. The summed E-state index contributed by atoms with van der Waals surface area (Å²) in [7, 11) is 0. The molecule has 0 unspecified atom stereocenters. The Bertz CT molecular complexity index is 489. The van der Waals surface area contributed by atoms with Crippen LogP contribution >= 0.6 is 12.4 Å². The van der Waals surface area contributed by atoms with Gasteiger partial charge in [-0.25, -0.2) is 0 Å². The lowest BCUT2D eigenvalue weighted by Gasteiger charge is -2.17. The van der Waals surface area contributed by atoms with Gasteiger partial charge >= 0.3 is 6.01 Å². The summed E-state index contributed by atoms with van der Waals surface area (Å²) in [5.74, 6) is 0.483. The van der Waals surface area contributed by atoms with E-state index in [2.05, 4.69) is 46.3 Å². The van der Waals surface area contributed by atoms with Gasteiger partial charge in [-0.05, 0) is 25.3 Å². The average Bonchev–Trinajstić information content (AvgIpc) is 2.93. The molecule has 0 saturated heterocycles. The molecule has 0 amide bonds. The third-order valence-corrected chi connectivity index (χ3v) is 3.02. The minimum atomic E-state index is 0. The van der Waals surface area contributed by atoms with Gasteiger partial charge in [-0.1, -0.05) is 35.4 Å². The number of aromatic nitrogens is 2. The first-order chi connectivity index (χ1) is 9.33. The predicted octanol–water partition coefficient (Wildman–Crippen LogP) is 2.41. The van der Waals surface area contributed by atoms with E-state index in [1.807, 2.05) is 6.07 Å². The van der Waals surface area contributed by atoms with Gasteiger partial charge in [0, 0.05) is 13.1 Å². The normalized spacial score (nSPS) is 10.1. The first kappa shape index (κ1) is 16.5. The van der Waals surface area contributed by atoms with Crippen molar-refractivity contribution in [3.8, 4) is 0 Å². The van der Waals surface area contributed by atoms with E-state index in [1.54, 1.807) is 0 Å². The fourth-order valence-corrected chi connectivity index (χ4v) is 1.96. The van der Waals surface area contributed by atoms with Crippen LogP contribution in [0.25, 0.3) is 0 Å². The Kier molecular flexibility index (Phi) is 7.04. The third-order valence-electron chi connectivity index (χ3n) is 3.02. The Hall–Kier alpha value is -1.59. The Morgan fingerprint density at radius 3 is 2.55 bits per heavy atom. The van der Waals surface area contributed by atoms with Crippen molar-refractivity contribution in [2.75, 3.05) is 18.0 Å². The molecule has 2 N–H and O–H groups in total. The minimum absolute atomic E-state index is 0. The van der Waals surface area contributed by atoms with Crippen molar-refractivity contribution >= 4 is 18.4 Å². The number of aryl methyl sites for hydroxylation is 1. The molecule has 0 radical (unpaired) electrons. The Morgan fingerprint density at radius 2 is 1.95 bits per heavy atom. The maximum Gasteiger partial charge on any atom is 0.318 e. The van der Waals surface area contributed by atoms with Crippen LogP contribution in [0.5, 0.6) is 0 Å². The molecule has 110 valence electrons. The van der Waals surface area contributed by atoms with Crippen LogP contribution in [0.15, 0.2) is 34.7 Å². The van der Waals surface area contributed by atoms with Crippen molar-refractivity contribution < 1.29 is 4.42 Å². The van der Waals surface area contributed by atoms with Gasteiger partial charge in [-0.3, -0.25) is 0 Å². The highest BCUT2D eigenvalue weighted by molar-refractivity contribution is 5.85.